The van der Waals surface area contributed by atoms with Crippen molar-refractivity contribution >= 4 is 27.6 Å². The predicted octanol–water partition coefficient (Wildman–Crippen LogP) is 5.46. The monoisotopic (exact) mass is 384 g/mol. The van der Waals surface area contributed by atoms with Gasteiger partial charge in [-0.3, -0.25) is 0 Å². The second kappa shape index (κ2) is 8.61. The first-order chi connectivity index (χ1) is 13.0. The molecule has 3 aromatic rings. The summed E-state index contributed by atoms with van der Waals surface area (Å²) in [6.07, 6.45) is 0. The van der Waals surface area contributed by atoms with Crippen LogP contribution in [0.1, 0.15) is 27.7 Å². The summed E-state index contributed by atoms with van der Waals surface area (Å²) in [5, 5.41) is 1.21. The highest BCUT2D eigenvalue weighted by Crippen LogP contribution is 2.32. The fourth-order valence-corrected chi connectivity index (χ4v) is 3.75. The number of hydrogen-bond acceptors (Lipinski definition) is 2. The van der Waals surface area contributed by atoms with Gasteiger partial charge in [0, 0.05) is 35.1 Å². The van der Waals surface area contributed by atoms with Gasteiger partial charge in [0.05, 0.1) is 12.1 Å². The maximum absolute atomic E-state index is 11.7. The van der Waals surface area contributed by atoms with Crippen LogP contribution in [-0.2, 0) is 17.5 Å². The van der Waals surface area contributed by atoms with Crippen molar-refractivity contribution in [1.82, 2.24) is 4.57 Å². The van der Waals surface area contributed by atoms with Crippen LogP contribution in [0, 0.1) is 5.92 Å². The van der Waals surface area contributed by atoms with Crippen LogP contribution in [0.2, 0.25) is 0 Å². The Morgan fingerprint density at radius 2 is 1.81 bits per heavy atom. The van der Waals surface area contributed by atoms with Gasteiger partial charge in [-0.05, 0) is 48.7 Å². The second-order valence-corrected chi connectivity index (χ2v) is 8.47. The molecule has 0 fully saturated rings. The minimum Gasteiger partial charge on any atom is -0.494 e. The highest BCUT2D eigenvalue weighted by molar-refractivity contribution is 7.86. The topological polar surface area (TPSA) is 43.3 Å². The highest BCUT2D eigenvalue weighted by Gasteiger charge is 2.13. The molecule has 0 aliphatic carbocycles. The van der Waals surface area contributed by atoms with Gasteiger partial charge < -0.3 is 14.0 Å². The summed E-state index contributed by atoms with van der Waals surface area (Å²) in [4.78, 5) is 0. The molecule has 1 atom stereocenters. The van der Waals surface area contributed by atoms with Crippen molar-refractivity contribution in [3.63, 3.8) is 0 Å². The Hall–Kier alpha value is -2.27. The number of ether oxygens (including phenoxy) is 1. The molecule has 0 amide bonds. The summed E-state index contributed by atoms with van der Waals surface area (Å²) in [6.45, 7) is 9.97. The van der Waals surface area contributed by atoms with E-state index in [4.69, 9.17) is 4.74 Å². The van der Waals surface area contributed by atoms with E-state index in [2.05, 4.69) is 53.5 Å². The standard InChI is InChI=1S/C22H28N2O2S/c1-5-26-20-12-9-18-13-21(24(15-16(3)4)22(18)14-20)17-7-10-19(11-8-17)23-27(25)6-2/h7-14,16,23H,5-6,15H2,1-4H3. The zero-order chi connectivity index (χ0) is 19.4. The van der Waals surface area contributed by atoms with Crippen molar-refractivity contribution in [3.8, 4) is 17.0 Å². The largest absolute Gasteiger partial charge is 0.494 e. The zero-order valence-electron chi connectivity index (χ0n) is 16.5. The summed E-state index contributed by atoms with van der Waals surface area (Å²) in [7, 11) is -1.03. The SMILES string of the molecule is CCOc1ccc2cc(-c3ccc(NS(=O)CC)cc3)n(CC(C)C)c2c1. The van der Waals surface area contributed by atoms with Crippen LogP contribution < -0.4 is 9.46 Å². The van der Waals surface area contributed by atoms with E-state index >= 15 is 0 Å². The van der Waals surface area contributed by atoms with E-state index in [1.165, 1.54) is 16.6 Å². The van der Waals surface area contributed by atoms with Gasteiger partial charge in [-0.25, -0.2) is 4.21 Å². The molecule has 1 heterocycles. The molecular weight excluding hydrogens is 356 g/mol. The normalized spacial score (nSPS) is 12.5. The quantitative estimate of drug-likeness (QED) is 0.560. The Balaban J connectivity index is 2.03. The molecular formula is C22H28N2O2S. The van der Waals surface area contributed by atoms with Gasteiger partial charge in [-0.1, -0.05) is 32.9 Å². The molecule has 144 valence electrons. The number of nitrogens with zero attached hydrogens (tertiary/aromatic N) is 1. The van der Waals surface area contributed by atoms with Gasteiger partial charge >= 0.3 is 0 Å². The molecule has 0 aliphatic heterocycles. The molecule has 3 rings (SSSR count). The molecule has 0 radical (unpaired) electrons. The Kier molecular flexibility index (Phi) is 6.22. The minimum atomic E-state index is -1.03. The maximum atomic E-state index is 11.7. The minimum absolute atomic E-state index is 0.531. The van der Waals surface area contributed by atoms with Crippen LogP contribution >= 0.6 is 0 Å². The number of nitrogens with one attached hydrogen (secondary N) is 1. The number of aromatic nitrogens is 1. The van der Waals surface area contributed by atoms with Gasteiger partial charge in [-0.2, -0.15) is 0 Å². The number of rotatable bonds is 8. The first-order valence-electron chi connectivity index (χ1n) is 9.53. The van der Waals surface area contributed by atoms with E-state index in [9.17, 15) is 4.21 Å². The summed E-state index contributed by atoms with van der Waals surface area (Å²) in [5.41, 5.74) is 4.41. The van der Waals surface area contributed by atoms with Crippen LogP contribution in [0.5, 0.6) is 5.75 Å². The number of hydrogen-bond donors (Lipinski definition) is 1. The Labute approximate surface area is 164 Å². The highest BCUT2D eigenvalue weighted by atomic mass is 32.2. The van der Waals surface area contributed by atoms with Crippen molar-refractivity contribution in [3.05, 3.63) is 48.5 Å². The summed E-state index contributed by atoms with van der Waals surface area (Å²) >= 11 is 0. The number of fused-ring (bicyclic) bond motifs is 1. The molecule has 0 saturated heterocycles. The lowest BCUT2D eigenvalue weighted by Gasteiger charge is -2.14. The molecule has 1 N–H and O–H groups in total. The smallest absolute Gasteiger partial charge is 0.121 e. The van der Waals surface area contributed by atoms with Crippen LogP contribution in [0.4, 0.5) is 5.69 Å². The van der Waals surface area contributed by atoms with Crippen LogP contribution in [0.25, 0.3) is 22.2 Å². The van der Waals surface area contributed by atoms with Gasteiger partial charge in [0.1, 0.15) is 16.7 Å². The van der Waals surface area contributed by atoms with E-state index in [0.717, 1.165) is 23.5 Å². The average molecular weight is 385 g/mol. The molecule has 1 aromatic heterocycles. The lowest BCUT2D eigenvalue weighted by Crippen LogP contribution is -2.07. The van der Waals surface area contributed by atoms with E-state index < -0.39 is 11.0 Å². The van der Waals surface area contributed by atoms with Crippen LogP contribution in [0.3, 0.4) is 0 Å². The zero-order valence-corrected chi connectivity index (χ0v) is 17.3. The molecule has 5 heteroatoms. The van der Waals surface area contributed by atoms with E-state index in [1.54, 1.807) is 0 Å². The van der Waals surface area contributed by atoms with Gasteiger partial charge in [0.15, 0.2) is 0 Å². The molecule has 1 unspecified atom stereocenters. The van der Waals surface area contributed by atoms with Gasteiger partial charge in [0.2, 0.25) is 0 Å². The third-order valence-corrected chi connectivity index (χ3v) is 5.40. The first kappa shape index (κ1) is 19.5. The van der Waals surface area contributed by atoms with Crippen molar-refractivity contribution in [1.29, 1.82) is 0 Å². The van der Waals surface area contributed by atoms with Crippen LogP contribution in [-0.4, -0.2) is 21.1 Å². The lowest BCUT2D eigenvalue weighted by molar-refractivity contribution is 0.340. The van der Waals surface area contributed by atoms with Crippen molar-refractivity contribution in [2.24, 2.45) is 5.92 Å². The molecule has 0 aliphatic rings. The van der Waals surface area contributed by atoms with E-state index in [-0.39, 0.29) is 0 Å². The van der Waals surface area contributed by atoms with Gasteiger partial charge in [0.25, 0.3) is 0 Å². The molecule has 0 bridgehead atoms. The van der Waals surface area contributed by atoms with Crippen LogP contribution in [0.15, 0.2) is 48.5 Å². The predicted molar refractivity (Wildman–Crippen MR) is 116 cm³/mol. The van der Waals surface area contributed by atoms with Crippen molar-refractivity contribution in [2.45, 2.75) is 34.2 Å². The first-order valence-corrected chi connectivity index (χ1v) is 10.8. The molecule has 2 aromatic carbocycles. The Morgan fingerprint density at radius 3 is 2.44 bits per heavy atom. The Bertz CT molecular complexity index is 929. The van der Waals surface area contributed by atoms with E-state index in [0.29, 0.717) is 18.3 Å². The third kappa shape index (κ3) is 4.53. The fourth-order valence-electron chi connectivity index (χ4n) is 3.20. The fraction of sp³-hybridized carbons (Fsp3) is 0.364. The van der Waals surface area contributed by atoms with E-state index in [1.807, 2.05) is 32.0 Å². The molecule has 4 nitrogen and oxygen atoms in total. The van der Waals surface area contributed by atoms with Crippen molar-refractivity contribution in [2.75, 3.05) is 17.1 Å². The summed E-state index contributed by atoms with van der Waals surface area (Å²) < 4.78 is 22.8. The number of anilines is 1. The lowest BCUT2D eigenvalue weighted by atomic mass is 10.1. The summed E-state index contributed by atoms with van der Waals surface area (Å²) in [6, 6.07) is 16.7. The summed E-state index contributed by atoms with van der Waals surface area (Å²) in [5.74, 6) is 2.02. The molecule has 0 spiro atoms. The maximum Gasteiger partial charge on any atom is 0.121 e. The molecule has 27 heavy (non-hydrogen) atoms. The van der Waals surface area contributed by atoms with Crippen molar-refractivity contribution < 1.29 is 8.95 Å². The number of benzene rings is 2. The Morgan fingerprint density at radius 1 is 1.07 bits per heavy atom. The average Bonchev–Trinajstić information content (AvgIpc) is 3.00. The van der Waals surface area contributed by atoms with Gasteiger partial charge in [-0.15, -0.1) is 0 Å². The third-order valence-electron chi connectivity index (χ3n) is 4.41. The molecule has 0 saturated carbocycles. The second-order valence-electron chi connectivity index (χ2n) is 7.00.